The van der Waals surface area contributed by atoms with Crippen LogP contribution in [-0.4, -0.2) is 43.4 Å². The van der Waals surface area contributed by atoms with E-state index in [1.807, 2.05) is 40.1 Å². The second-order valence-corrected chi connectivity index (χ2v) is 6.91. The molecule has 2 aromatic heterocycles. The summed E-state index contributed by atoms with van der Waals surface area (Å²) in [7, 11) is 0. The molecule has 0 bridgehead atoms. The zero-order valence-electron chi connectivity index (χ0n) is 15.2. The molecule has 0 atom stereocenters. The molecule has 1 aliphatic heterocycles. The van der Waals surface area contributed by atoms with E-state index in [2.05, 4.69) is 22.1 Å². The lowest BCUT2D eigenvalue weighted by atomic mass is 9.93. The third kappa shape index (κ3) is 4.22. The molecular formula is C21H23N5O. The van der Waals surface area contributed by atoms with Crippen LogP contribution in [0.1, 0.15) is 36.4 Å². The van der Waals surface area contributed by atoms with Gasteiger partial charge in [0.25, 0.3) is 0 Å². The monoisotopic (exact) mass is 361 g/mol. The molecule has 138 valence electrons. The van der Waals surface area contributed by atoms with Gasteiger partial charge >= 0.3 is 0 Å². The number of benzene rings is 1. The number of rotatable bonds is 5. The van der Waals surface area contributed by atoms with Crippen LogP contribution in [0, 0.1) is 0 Å². The van der Waals surface area contributed by atoms with Gasteiger partial charge in [-0.3, -0.25) is 14.3 Å². The van der Waals surface area contributed by atoms with Crippen molar-refractivity contribution in [2.45, 2.75) is 31.6 Å². The number of carbonyl (C=O) groups excluding carboxylic acids is 1. The zero-order valence-corrected chi connectivity index (χ0v) is 15.2. The number of nitrogens with zero attached hydrogens (tertiary/aromatic N) is 5. The number of piperidine rings is 1. The number of carbonyl (C=O) groups is 1. The standard InChI is InChI=1S/C21H23N5O/c27-21(7-6-17-4-2-1-3-5-17)25-11-8-18(9-12-25)19-14-23-15-20(24-19)26-13-10-22-16-26/h1-5,10,13-16,18H,6-9,11-12H2. The molecule has 0 unspecified atom stereocenters. The summed E-state index contributed by atoms with van der Waals surface area (Å²) in [5, 5.41) is 0. The molecule has 1 aromatic carbocycles. The molecule has 4 rings (SSSR count). The fourth-order valence-electron chi connectivity index (χ4n) is 3.56. The van der Waals surface area contributed by atoms with Crippen molar-refractivity contribution in [1.29, 1.82) is 0 Å². The lowest BCUT2D eigenvalue weighted by molar-refractivity contribution is -0.132. The van der Waals surface area contributed by atoms with Crippen LogP contribution >= 0.6 is 0 Å². The van der Waals surface area contributed by atoms with Gasteiger partial charge in [-0.1, -0.05) is 30.3 Å². The summed E-state index contributed by atoms with van der Waals surface area (Å²) in [5.74, 6) is 1.38. The Bertz CT molecular complexity index is 871. The summed E-state index contributed by atoms with van der Waals surface area (Å²) >= 11 is 0. The first kappa shape index (κ1) is 17.4. The molecule has 0 saturated carbocycles. The van der Waals surface area contributed by atoms with Crippen molar-refractivity contribution in [3.05, 3.63) is 72.7 Å². The Kier molecular flexibility index (Phi) is 5.23. The molecule has 6 nitrogen and oxygen atoms in total. The second-order valence-electron chi connectivity index (χ2n) is 6.91. The van der Waals surface area contributed by atoms with E-state index in [0.717, 1.165) is 43.9 Å². The quantitative estimate of drug-likeness (QED) is 0.701. The third-order valence-electron chi connectivity index (χ3n) is 5.15. The van der Waals surface area contributed by atoms with Gasteiger partial charge in [0.2, 0.25) is 5.91 Å². The van der Waals surface area contributed by atoms with E-state index in [0.29, 0.717) is 12.3 Å². The number of imidazole rings is 1. The van der Waals surface area contributed by atoms with Gasteiger partial charge in [0.1, 0.15) is 6.33 Å². The van der Waals surface area contributed by atoms with E-state index in [4.69, 9.17) is 4.98 Å². The highest BCUT2D eigenvalue weighted by atomic mass is 16.2. The van der Waals surface area contributed by atoms with Gasteiger partial charge in [-0.2, -0.15) is 0 Å². The summed E-state index contributed by atoms with van der Waals surface area (Å²) in [6, 6.07) is 10.2. The average molecular weight is 361 g/mol. The molecule has 27 heavy (non-hydrogen) atoms. The van der Waals surface area contributed by atoms with E-state index in [1.165, 1.54) is 5.56 Å². The summed E-state index contributed by atoms with van der Waals surface area (Å²) in [6.45, 7) is 1.57. The molecule has 0 N–H and O–H groups in total. The lowest BCUT2D eigenvalue weighted by Crippen LogP contribution is -2.38. The van der Waals surface area contributed by atoms with Crippen molar-refractivity contribution in [3.8, 4) is 5.82 Å². The number of hydrogen-bond acceptors (Lipinski definition) is 4. The van der Waals surface area contributed by atoms with Gasteiger partial charge in [0.15, 0.2) is 5.82 Å². The molecule has 6 heteroatoms. The van der Waals surface area contributed by atoms with E-state index in [1.54, 1.807) is 18.7 Å². The molecular weight excluding hydrogens is 338 g/mol. The lowest BCUT2D eigenvalue weighted by Gasteiger charge is -2.31. The Hall–Kier alpha value is -3.02. The van der Waals surface area contributed by atoms with Gasteiger partial charge in [-0.15, -0.1) is 0 Å². The maximum atomic E-state index is 12.5. The van der Waals surface area contributed by atoms with Gasteiger partial charge in [0.05, 0.1) is 11.9 Å². The highest BCUT2D eigenvalue weighted by Crippen LogP contribution is 2.27. The van der Waals surface area contributed by atoms with Crippen LogP contribution in [-0.2, 0) is 11.2 Å². The normalized spacial score (nSPS) is 15.0. The maximum Gasteiger partial charge on any atom is 0.222 e. The first-order valence-corrected chi connectivity index (χ1v) is 9.41. The predicted octanol–water partition coefficient (Wildman–Crippen LogP) is 3.00. The second kappa shape index (κ2) is 8.12. The van der Waals surface area contributed by atoms with Crippen molar-refractivity contribution in [3.63, 3.8) is 0 Å². The molecule has 1 aliphatic rings. The number of hydrogen-bond donors (Lipinski definition) is 0. The van der Waals surface area contributed by atoms with E-state index >= 15 is 0 Å². The molecule has 0 aliphatic carbocycles. The van der Waals surface area contributed by atoms with Crippen LogP contribution in [0.4, 0.5) is 0 Å². The van der Waals surface area contributed by atoms with Crippen LogP contribution < -0.4 is 0 Å². The number of likely N-dealkylation sites (tertiary alicyclic amines) is 1. The molecule has 3 heterocycles. The Morgan fingerprint density at radius 2 is 1.89 bits per heavy atom. The van der Waals surface area contributed by atoms with Crippen LogP contribution in [0.5, 0.6) is 0 Å². The van der Waals surface area contributed by atoms with Crippen molar-refractivity contribution in [2.24, 2.45) is 0 Å². The van der Waals surface area contributed by atoms with E-state index in [-0.39, 0.29) is 5.91 Å². The highest BCUT2D eigenvalue weighted by molar-refractivity contribution is 5.76. The topological polar surface area (TPSA) is 63.9 Å². The van der Waals surface area contributed by atoms with Gasteiger partial charge in [-0.05, 0) is 24.8 Å². The third-order valence-corrected chi connectivity index (χ3v) is 5.15. The zero-order chi connectivity index (χ0) is 18.5. The van der Waals surface area contributed by atoms with Crippen LogP contribution in [0.15, 0.2) is 61.4 Å². The summed E-state index contributed by atoms with van der Waals surface area (Å²) < 4.78 is 1.86. The minimum atomic E-state index is 0.246. The summed E-state index contributed by atoms with van der Waals surface area (Å²) in [5.41, 5.74) is 2.21. The Balaban J connectivity index is 1.32. The number of aromatic nitrogens is 4. The largest absolute Gasteiger partial charge is 0.343 e. The van der Waals surface area contributed by atoms with Gasteiger partial charge in [0, 0.05) is 44.0 Å². The number of amides is 1. The van der Waals surface area contributed by atoms with E-state index < -0.39 is 0 Å². The van der Waals surface area contributed by atoms with Crippen LogP contribution in [0.2, 0.25) is 0 Å². The minimum Gasteiger partial charge on any atom is -0.343 e. The van der Waals surface area contributed by atoms with Crippen LogP contribution in [0.3, 0.4) is 0 Å². The van der Waals surface area contributed by atoms with Gasteiger partial charge in [-0.25, -0.2) is 9.97 Å². The average Bonchev–Trinajstić information content (AvgIpc) is 3.28. The molecule has 3 aromatic rings. The minimum absolute atomic E-state index is 0.246. The van der Waals surface area contributed by atoms with E-state index in [9.17, 15) is 4.79 Å². The smallest absolute Gasteiger partial charge is 0.222 e. The first-order valence-electron chi connectivity index (χ1n) is 9.41. The molecule has 0 radical (unpaired) electrons. The van der Waals surface area contributed by atoms with Crippen molar-refractivity contribution in [1.82, 2.24) is 24.4 Å². The SMILES string of the molecule is O=C(CCc1ccccc1)N1CCC(c2cncc(-n3ccnc3)n2)CC1. The summed E-state index contributed by atoms with van der Waals surface area (Å²) in [4.78, 5) is 27.6. The number of aryl methyl sites for hydroxylation is 1. The van der Waals surface area contributed by atoms with Crippen LogP contribution in [0.25, 0.3) is 5.82 Å². The molecule has 0 spiro atoms. The van der Waals surface area contributed by atoms with Gasteiger partial charge < -0.3 is 4.90 Å². The highest BCUT2D eigenvalue weighted by Gasteiger charge is 2.24. The fraction of sp³-hybridized carbons (Fsp3) is 0.333. The molecule has 1 fully saturated rings. The fourth-order valence-corrected chi connectivity index (χ4v) is 3.56. The van der Waals surface area contributed by atoms with Crippen molar-refractivity contribution >= 4 is 5.91 Å². The van der Waals surface area contributed by atoms with Crippen molar-refractivity contribution < 1.29 is 4.79 Å². The molecule has 1 saturated heterocycles. The molecule has 1 amide bonds. The summed E-state index contributed by atoms with van der Waals surface area (Å²) in [6.07, 6.45) is 12.1. The Morgan fingerprint density at radius 1 is 1.07 bits per heavy atom. The Morgan fingerprint density at radius 3 is 2.63 bits per heavy atom. The predicted molar refractivity (Wildman–Crippen MR) is 102 cm³/mol. The maximum absolute atomic E-state index is 12.5. The first-order chi connectivity index (χ1) is 13.3. The van der Waals surface area contributed by atoms with Crippen molar-refractivity contribution in [2.75, 3.05) is 13.1 Å². The Labute approximate surface area is 158 Å².